The van der Waals surface area contributed by atoms with Crippen molar-refractivity contribution >= 4 is 23.5 Å². The molecule has 0 radical (unpaired) electrons. The first-order valence-electron chi connectivity index (χ1n) is 6.81. The molecular weight excluding hydrogens is 272 g/mol. The molecule has 1 aliphatic rings. The summed E-state index contributed by atoms with van der Waals surface area (Å²) in [6.45, 7) is 1.45. The summed E-state index contributed by atoms with van der Waals surface area (Å²) in [5.41, 5.74) is 1.02. The number of carbonyl (C=O) groups is 3. The molecule has 0 spiro atoms. The minimum atomic E-state index is -1.06. The maximum Gasteiger partial charge on any atom is 0.326 e. The van der Waals surface area contributed by atoms with Crippen LogP contribution >= 0.6 is 0 Å². The van der Waals surface area contributed by atoms with Crippen LogP contribution < -0.4 is 5.32 Å². The molecule has 112 valence electrons. The van der Waals surface area contributed by atoms with Crippen LogP contribution in [0.25, 0.3) is 0 Å². The molecule has 21 heavy (non-hydrogen) atoms. The van der Waals surface area contributed by atoms with E-state index in [9.17, 15) is 14.4 Å². The van der Waals surface area contributed by atoms with E-state index in [0.29, 0.717) is 11.3 Å². The monoisotopic (exact) mass is 290 g/mol. The smallest absolute Gasteiger partial charge is 0.326 e. The highest BCUT2D eigenvalue weighted by atomic mass is 16.4. The molecule has 1 fully saturated rings. The molecule has 1 unspecified atom stereocenters. The summed E-state index contributed by atoms with van der Waals surface area (Å²) in [4.78, 5) is 35.8. The predicted octanol–water partition coefficient (Wildman–Crippen LogP) is 1.58. The molecule has 1 aromatic carbocycles. The van der Waals surface area contributed by atoms with Gasteiger partial charge in [-0.2, -0.15) is 0 Å². The zero-order chi connectivity index (χ0) is 15.6. The fourth-order valence-electron chi connectivity index (χ4n) is 1.83. The van der Waals surface area contributed by atoms with E-state index >= 15 is 0 Å². The lowest BCUT2D eigenvalue weighted by Gasteiger charge is -2.21. The van der Waals surface area contributed by atoms with E-state index in [1.807, 2.05) is 0 Å². The van der Waals surface area contributed by atoms with Gasteiger partial charge in [-0.05, 0) is 44.0 Å². The van der Waals surface area contributed by atoms with Gasteiger partial charge in [0.25, 0.3) is 5.91 Å². The normalized spacial score (nSPS) is 15.1. The molecule has 0 aliphatic heterocycles. The van der Waals surface area contributed by atoms with E-state index in [0.717, 1.165) is 12.8 Å². The van der Waals surface area contributed by atoms with Crippen molar-refractivity contribution in [1.29, 1.82) is 0 Å². The lowest BCUT2D eigenvalue weighted by atomic mass is 10.1. The SMILES string of the molecule is CC(C(=O)O)N(C)C(=O)c1ccc(NC(=O)C2CC2)cc1. The van der Waals surface area contributed by atoms with Gasteiger partial charge >= 0.3 is 5.97 Å². The second kappa shape index (κ2) is 5.95. The maximum absolute atomic E-state index is 12.1. The summed E-state index contributed by atoms with van der Waals surface area (Å²) < 4.78 is 0. The second-order valence-electron chi connectivity index (χ2n) is 5.27. The maximum atomic E-state index is 12.1. The van der Waals surface area contributed by atoms with Crippen molar-refractivity contribution in [3.05, 3.63) is 29.8 Å². The zero-order valence-electron chi connectivity index (χ0n) is 12.0. The Balaban J connectivity index is 2.02. The molecule has 2 amide bonds. The standard InChI is InChI=1S/C15H18N2O4/c1-9(15(20)21)17(2)14(19)11-5-7-12(8-6-11)16-13(18)10-3-4-10/h5-10H,3-4H2,1-2H3,(H,16,18)(H,20,21). The lowest BCUT2D eigenvalue weighted by Crippen LogP contribution is -2.40. The van der Waals surface area contributed by atoms with Gasteiger partial charge in [-0.25, -0.2) is 4.79 Å². The molecule has 1 aliphatic carbocycles. The third-order valence-corrected chi connectivity index (χ3v) is 3.61. The molecule has 2 rings (SSSR count). The third kappa shape index (κ3) is 3.59. The van der Waals surface area contributed by atoms with E-state index in [4.69, 9.17) is 5.11 Å². The fraction of sp³-hybridized carbons (Fsp3) is 0.400. The minimum Gasteiger partial charge on any atom is -0.480 e. The number of carbonyl (C=O) groups excluding carboxylic acids is 2. The van der Waals surface area contributed by atoms with Gasteiger partial charge in [0, 0.05) is 24.2 Å². The highest BCUT2D eigenvalue weighted by Crippen LogP contribution is 2.30. The number of hydrogen-bond donors (Lipinski definition) is 2. The number of hydrogen-bond acceptors (Lipinski definition) is 3. The van der Waals surface area contributed by atoms with Crippen LogP contribution in [0.4, 0.5) is 5.69 Å². The van der Waals surface area contributed by atoms with Crippen LogP contribution in [0.2, 0.25) is 0 Å². The Morgan fingerprint density at radius 3 is 2.29 bits per heavy atom. The zero-order valence-corrected chi connectivity index (χ0v) is 12.0. The minimum absolute atomic E-state index is 0.00527. The first-order valence-corrected chi connectivity index (χ1v) is 6.81. The van der Waals surface area contributed by atoms with E-state index in [-0.39, 0.29) is 17.7 Å². The van der Waals surface area contributed by atoms with Crippen LogP contribution in [0, 0.1) is 5.92 Å². The third-order valence-electron chi connectivity index (χ3n) is 3.61. The number of aliphatic carboxylic acids is 1. The van der Waals surface area contributed by atoms with E-state index in [1.165, 1.54) is 18.9 Å². The first kappa shape index (κ1) is 15.0. The van der Waals surface area contributed by atoms with Gasteiger partial charge in [-0.15, -0.1) is 0 Å². The van der Waals surface area contributed by atoms with Gasteiger partial charge in [0.15, 0.2) is 0 Å². The van der Waals surface area contributed by atoms with Gasteiger partial charge in [0.05, 0.1) is 0 Å². The first-order chi connectivity index (χ1) is 9.90. The number of carboxylic acid groups (broad SMARTS) is 1. The Labute approximate surface area is 122 Å². The highest BCUT2D eigenvalue weighted by molar-refractivity contribution is 5.98. The van der Waals surface area contributed by atoms with Crippen LogP contribution in [0.5, 0.6) is 0 Å². The molecule has 1 atom stereocenters. The van der Waals surface area contributed by atoms with Gasteiger partial charge in [0.1, 0.15) is 6.04 Å². The molecule has 1 aromatic rings. The number of amides is 2. The van der Waals surface area contributed by atoms with Crippen molar-refractivity contribution < 1.29 is 19.5 Å². The summed E-state index contributed by atoms with van der Waals surface area (Å²) in [5, 5.41) is 11.7. The van der Waals surface area contributed by atoms with Crippen LogP contribution in [-0.2, 0) is 9.59 Å². The number of anilines is 1. The molecule has 0 bridgehead atoms. The summed E-state index contributed by atoms with van der Waals surface area (Å²) in [5.74, 6) is -1.30. The Morgan fingerprint density at radius 2 is 1.81 bits per heavy atom. The number of carboxylic acids is 1. The average molecular weight is 290 g/mol. The quantitative estimate of drug-likeness (QED) is 0.862. The van der Waals surface area contributed by atoms with Crippen molar-refractivity contribution in [3.8, 4) is 0 Å². The summed E-state index contributed by atoms with van der Waals surface area (Å²) in [6, 6.07) is 5.55. The molecule has 6 nitrogen and oxygen atoms in total. The number of nitrogens with one attached hydrogen (secondary N) is 1. The number of likely N-dealkylation sites (N-methyl/N-ethyl adjacent to an activating group) is 1. The van der Waals surface area contributed by atoms with Crippen molar-refractivity contribution in [3.63, 3.8) is 0 Å². The average Bonchev–Trinajstić information content (AvgIpc) is 3.30. The molecule has 0 saturated heterocycles. The van der Waals surface area contributed by atoms with Crippen molar-refractivity contribution in [2.45, 2.75) is 25.8 Å². The Bertz CT molecular complexity index is 564. The largest absolute Gasteiger partial charge is 0.480 e. The summed E-state index contributed by atoms with van der Waals surface area (Å²) >= 11 is 0. The lowest BCUT2D eigenvalue weighted by molar-refractivity contribution is -0.141. The highest BCUT2D eigenvalue weighted by Gasteiger charge is 2.29. The fourth-order valence-corrected chi connectivity index (χ4v) is 1.83. The van der Waals surface area contributed by atoms with Crippen LogP contribution in [0.3, 0.4) is 0 Å². The van der Waals surface area contributed by atoms with Crippen molar-refractivity contribution in [2.24, 2.45) is 5.92 Å². The molecule has 0 aromatic heterocycles. The van der Waals surface area contributed by atoms with Crippen LogP contribution in [0.1, 0.15) is 30.1 Å². The van der Waals surface area contributed by atoms with Gasteiger partial charge in [-0.1, -0.05) is 0 Å². The predicted molar refractivity (Wildman–Crippen MR) is 77.0 cm³/mol. The van der Waals surface area contributed by atoms with E-state index in [1.54, 1.807) is 24.3 Å². The Hall–Kier alpha value is -2.37. The number of benzene rings is 1. The molecule has 0 heterocycles. The topological polar surface area (TPSA) is 86.7 Å². The Kier molecular flexibility index (Phi) is 4.26. The van der Waals surface area contributed by atoms with Gasteiger partial charge in [-0.3, -0.25) is 9.59 Å². The van der Waals surface area contributed by atoms with Crippen LogP contribution in [-0.4, -0.2) is 40.9 Å². The summed E-state index contributed by atoms with van der Waals surface area (Å²) in [7, 11) is 1.45. The molecular formula is C15H18N2O4. The molecule has 6 heteroatoms. The number of rotatable bonds is 5. The second-order valence-corrected chi connectivity index (χ2v) is 5.27. The Morgan fingerprint density at radius 1 is 1.24 bits per heavy atom. The summed E-state index contributed by atoms with van der Waals surface area (Å²) in [6.07, 6.45) is 1.86. The molecule has 2 N–H and O–H groups in total. The van der Waals surface area contributed by atoms with Gasteiger partial charge < -0.3 is 15.3 Å². The van der Waals surface area contributed by atoms with Crippen molar-refractivity contribution in [2.75, 3.05) is 12.4 Å². The van der Waals surface area contributed by atoms with E-state index in [2.05, 4.69) is 5.32 Å². The van der Waals surface area contributed by atoms with Gasteiger partial charge in [0.2, 0.25) is 5.91 Å². The van der Waals surface area contributed by atoms with Crippen molar-refractivity contribution in [1.82, 2.24) is 4.90 Å². The molecule has 1 saturated carbocycles. The van der Waals surface area contributed by atoms with Crippen LogP contribution in [0.15, 0.2) is 24.3 Å². The van der Waals surface area contributed by atoms with E-state index < -0.39 is 12.0 Å². The number of nitrogens with zero attached hydrogens (tertiary/aromatic N) is 1.